The van der Waals surface area contributed by atoms with Crippen LogP contribution in [0.2, 0.25) is 0 Å². The van der Waals surface area contributed by atoms with Gasteiger partial charge in [-0.1, -0.05) is 223 Å². The van der Waals surface area contributed by atoms with E-state index in [4.69, 9.17) is 4.74 Å². The number of unbranched alkanes of at least 4 members (excludes halogenated alkanes) is 27. The van der Waals surface area contributed by atoms with Crippen LogP contribution in [-0.2, 0) is 14.3 Å². The molecule has 3 unspecified atom stereocenters. The summed E-state index contributed by atoms with van der Waals surface area (Å²) in [5.41, 5.74) is 0. The Balaban J connectivity index is 4.66. The van der Waals surface area contributed by atoms with E-state index in [9.17, 15) is 19.8 Å². The summed E-state index contributed by atoms with van der Waals surface area (Å²) < 4.78 is 5.92. The Bertz CT molecular complexity index is 1130. The third-order valence-corrected chi connectivity index (χ3v) is 12.1. The number of hydrogen-bond donors (Lipinski definition) is 3. The molecule has 366 valence electrons. The first-order valence-electron chi connectivity index (χ1n) is 27.0. The van der Waals surface area contributed by atoms with Gasteiger partial charge in [0.15, 0.2) is 0 Å². The lowest BCUT2D eigenvalue weighted by Gasteiger charge is -2.24. The molecule has 0 fully saturated rings. The lowest BCUT2D eigenvalue weighted by Crippen LogP contribution is -2.46. The summed E-state index contributed by atoms with van der Waals surface area (Å²) in [6, 6.07) is -0.718. The van der Waals surface area contributed by atoms with Gasteiger partial charge in [0.1, 0.15) is 6.10 Å². The van der Waals surface area contributed by atoms with E-state index < -0.39 is 18.2 Å². The van der Waals surface area contributed by atoms with Crippen molar-refractivity contribution < 1.29 is 24.5 Å². The molecule has 6 heteroatoms. The zero-order valence-electron chi connectivity index (χ0n) is 41.7. The van der Waals surface area contributed by atoms with Crippen LogP contribution in [0.5, 0.6) is 0 Å². The number of nitrogens with one attached hydrogen (secondary N) is 1. The average Bonchev–Trinajstić information content (AvgIpc) is 3.28. The Hall–Kier alpha value is -2.44. The molecule has 0 saturated heterocycles. The topological polar surface area (TPSA) is 95.9 Å². The van der Waals surface area contributed by atoms with Crippen LogP contribution < -0.4 is 5.32 Å². The van der Waals surface area contributed by atoms with E-state index in [1.807, 2.05) is 0 Å². The monoisotopic (exact) mass is 882 g/mol. The minimum atomic E-state index is -0.801. The van der Waals surface area contributed by atoms with E-state index in [0.717, 1.165) is 89.9 Å². The van der Waals surface area contributed by atoms with Crippen LogP contribution in [-0.4, -0.2) is 46.9 Å². The maximum atomic E-state index is 13.2. The molecule has 0 radical (unpaired) electrons. The fourth-order valence-electron chi connectivity index (χ4n) is 7.96. The quantitative estimate of drug-likeness (QED) is 0.0245. The Labute approximate surface area is 390 Å². The number of esters is 1. The Morgan fingerprint density at radius 3 is 1.37 bits per heavy atom. The van der Waals surface area contributed by atoms with Crippen LogP contribution in [0.3, 0.4) is 0 Å². The highest BCUT2D eigenvalue weighted by Crippen LogP contribution is 2.17. The van der Waals surface area contributed by atoms with Gasteiger partial charge in [-0.05, 0) is 89.9 Å². The molecule has 63 heavy (non-hydrogen) atoms. The van der Waals surface area contributed by atoms with Crippen molar-refractivity contribution in [3.05, 3.63) is 60.8 Å². The van der Waals surface area contributed by atoms with E-state index in [1.165, 1.54) is 128 Å². The van der Waals surface area contributed by atoms with E-state index in [0.29, 0.717) is 19.3 Å². The largest absolute Gasteiger partial charge is 0.462 e. The van der Waals surface area contributed by atoms with Crippen molar-refractivity contribution in [2.75, 3.05) is 6.61 Å². The summed E-state index contributed by atoms with van der Waals surface area (Å²) in [4.78, 5) is 26.2. The zero-order valence-corrected chi connectivity index (χ0v) is 41.7. The number of aliphatic hydroxyl groups excluding tert-OH is 2. The molecule has 0 spiro atoms. The number of carbonyl (C=O) groups is 2. The predicted octanol–water partition coefficient (Wildman–Crippen LogP) is 16.4. The molecular weight excluding hydrogens is 779 g/mol. The summed E-state index contributed by atoms with van der Waals surface area (Å²) in [6.07, 6.45) is 62.8. The zero-order chi connectivity index (χ0) is 45.9. The highest BCUT2D eigenvalue weighted by Gasteiger charge is 2.24. The molecule has 0 aromatic rings. The summed E-state index contributed by atoms with van der Waals surface area (Å²) in [5.74, 6) is -0.526. The van der Waals surface area contributed by atoms with Gasteiger partial charge in [0, 0.05) is 6.42 Å². The number of amides is 1. The number of allylic oxidation sites excluding steroid dienone is 10. The summed E-state index contributed by atoms with van der Waals surface area (Å²) in [5, 5.41) is 23.7. The van der Waals surface area contributed by atoms with Crippen LogP contribution in [0.25, 0.3) is 0 Å². The Kier molecular flexibility index (Phi) is 48.6. The molecule has 1 amide bonds. The Morgan fingerprint density at radius 2 is 0.857 bits per heavy atom. The normalized spacial score (nSPS) is 13.7. The van der Waals surface area contributed by atoms with Gasteiger partial charge >= 0.3 is 5.97 Å². The standard InChI is InChI=1S/C57H103NO5/c1-4-7-10-13-16-19-22-24-26-27-28-30-32-35-38-41-44-47-50-57(62)63-53(48-45-42-39-36-34-31-29-25-23-20-17-14-11-8-5-2)51-56(61)58-54(52-59)55(60)49-46-43-40-37-33-21-18-15-12-9-6-3/h17,20,25-30,34,36,53-55,59-60H,4-16,18-19,21-24,31-33,35,37-52H2,1-3H3,(H,58,61)/b20-17-,27-26+,29-25-,30-28+,36-34-. The van der Waals surface area contributed by atoms with Crippen LogP contribution in [0.4, 0.5) is 0 Å². The summed E-state index contributed by atoms with van der Waals surface area (Å²) >= 11 is 0. The highest BCUT2D eigenvalue weighted by atomic mass is 16.5. The van der Waals surface area contributed by atoms with Gasteiger partial charge < -0.3 is 20.3 Å². The van der Waals surface area contributed by atoms with Crippen LogP contribution >= 0.6 is 0 Å². The molecule has 0 aliphatic carbocycles. The van der Waals surface area contributed by atoms with Crippen molar-refractivity contribution in [1.82, 2.24) is 5.32 Å². The van der Waals surface area contributed by atoms with Gasteiger partial charge in [-0.15, -0.1) is 0 Å². The molecule has 0 aromatic heterocycles. The van der Waals surface area contributed by atoms with Crippen molar-refractivity contribution in [3.63, 3.8) is 0 Å². The molecule has 0 heterocycles. The van der Waals surface area contributed by atoms with Crippen molar-refractivity contribution in [2.24, 2.45) is 0 Å². The van der Waals surface area contributed by atoms with E-state index in [1.54, 1.807) is 0 Å². The molecule has 0 aliphatic heterocycles. The molecule has 3 atom stereocenters. The number of aliphatic hydroxyl groups is 2. The van der Waals surface area contributed by atoms with E-state index in [2.05, 4.69) is 86.8 Å². The number of ether oxygens (including phenoxy) is 1. The van der Waals surface area contributed by atoms with Crippen molar-refractivity contribution >= 4 is 11.9 Å². The second kappa shape index (κ2) is 50.6. The molecule has 0 rings (SSSR count). The summed E-state index contributed by atoms with van der Waals surface area (Å²) in [6.45, 7) is 6.44. The smallest absolute Gasteiger partial charge is 0.306 e. The minimum Gasteiger partial charge on any atom is -0.462 e. The van der Waals surface area contributed by atoms with E-state index >= 15 is 0 Å². The predicted molar refractivity (Wildman–Crippen MR) is 273 cm³/mol. The van der Waals surface area contributed by atoms with Crippen LogP contribution in [0, 0.1) is 0 Å². The first-order valence-corrected chi connectivity index (χ1v) is 27.0. The second-order valence-corrected chi connectivity index (χ2v) is 18.3. The van der Waals surface area contributed by atoms with Gasteiger partial charge in [0.05, 0.1) is 25.2 Å². The minimum absolute atomic E-state index is 0.0446. The molecule has 0 bridgehead atoms. The van der Waals surface area contributed by atoms with Gasteiger partial charge in [-0.25, -0.2) is 0 Å². The Morgan fingerprint density at radius 1 is 0.476 bits per heavy atom. The third-order valence-electron chi connectivity index (χ3n) is 12.1. The van der Waals surface area contributed by atoms with Crippen molar-refractivity contribution in [2.45, 2.75) is 283 Å². The van der Waals surface area contributed by atoms with Gasteiger partial charge in [-0.2, -0.15) is 0 Å². The molecule has 0 aromatic carbocycles. The fourth-order valence-corrected chi connectivity index (χ4v) is 7.96. The molecule has 0 saturated carbocycles. The third kappa shape index (κ3) is 45.9. The second-order valence-electron chi connectivity index (χ2n) is 18.3. The van der Waals surface area contributed by atoms with Crippen LogP contribution in [0.1, 0.15) is 265 Å². The maximum Gasteiger partial charge on any atom is 0.306 e. The molecular formula is C57H103NO5. The number of carbonyl (C=O) groups excluding carboxylic acids is 2. The van der Waals surface area contributed by atoms with Gasteiger partial charge in [-0.3, -0.25) is 9.59 Å². The lowest BCUT2D eigenvalue weighted by molar-refractivity contribution is -0.151. The van der Waals surface area contributed by atoms with Crippen molar-refractivity contribution in [3.8, 4) is 0 Å². The van der Waals surface area contributed by atoms with Gasteiger partial charge in [0.2, 0.25) is 5.91 Å². The van der Waals surface area contributed by atoms with Crippen molar-refractivity contribution in [1.29, 1.82) is 0 Å². The highest BCUT2D eigenvalue weighted by molar-refractivity contribution is 5.77. The number of hydrogen-bond acceptors (Lipinski definition) is 5. The molecule has 6 nitrogen and oxygen atoms in total. The van der Waals surface area contributed by atoms with Crippen LogP contribution in [0.15, 0.2) is 60.8 Å². The SMILES string of the molecule is CCCCC/C=C\C/C=C\C/C=C\CCCCC(CC(=O)NC(CO)C(O)CCCCCCCCCCCCC)OC(=O)CCCCCCC/C=C/C=C/CCCCCCCCC. The molecule has 0 aliphatic rings. The molecule has 3 N–H and O–H groups in total. The fraction of sp³-hybridized carbons (Fsp3) is 0.789. The first kappa shape index (κ1) is 60.6. The maximum absolute atomic E-state index is 13.2. The average molecular weight is 882 g/mol. The van der Waals surface area contributed by atoms with Gasteiger partial charge in [0.25, 0.3) is 0 Å². The summed E-state index contributed by atoms with van der Waals surface area (Å²) in [7, 11) is 0. The van der Waals surface area contributed by atoms with E-state index in [-0.39, 0.29) is 24.9 Å². The first-order chi connectivity index (χ1) is 31.0. The lowest BCUT2D eigenvalue weighted by atomic mass is 10.0. The number of rotatable bonds is 48.